The van der Waals surface area contributed by atoms with Crippen molar-refractivity contribution in [2.75, 3.05) is 45.1 Å². The summed E-state index contributed by atoms with van der Waals surface area (Å²) in [7, 11) is -4.16. The molecule has 3 rings (SSSR count). The van der Waals surface area contributed by atoms with Gasteiger partial charge in [0, 0.05) is 26.2 Å². The van der Waals surface area contributed by atoms with Crippen molar-refractivity contribution in [3.8, 4) is 5.75 Å². The molecule has 0 aromatic heterocycles. The van der Waals surface area contributed by atoms with E-state index in [1.54, 1.807) is 45.0 Å². The van der Waals surface area contributed by atoms with Gasteiger partial charge in [0.1, 0.15) is 5.75 Å². The van der Waals surface area contributed by atoms with Crippen LogP contribution in [0.15, 0.2) is 40.1 Å². The lowest BCUT2D eigenvalue weighted by molar-refractivity contribution is 0.222. The third-order valence-electron chi connectivity index (χ3n) is 5.50. The SMILES string of the molecule is COc1cc(C)c(S(=O)(=O)Nc2ccc(C)c(S(=O)(=O)N3CCN(C)CC3)c2)cc1C. The van der Waals surface area contributed by atoms with Crippen molar-refractivity contribution >= 4 is 25.7 Å². The van der Waals surface area contributed by atoms with E-state index in [0.29, 0.717) is 48.6 Å². The molecule has 1 heterocycles. The molecule has 10 heteroatoms. The lowest BCUT2D eigenvalue weighted by atomic mass is 10.1. The summed E-state index contributed by atoms with van der Waals surface area (Å²) in [5.74, 6) is 0.604. The zero-order valence-electron chi connectivity index (χ0n) is 18.5. The van der Waals surface area contributed by atoms with Crippen LogP contribution in [0.3, 0.4) is 0 Å². The Hall–Kier alpha value is -2.14. The van der Waals surface area contributed by atoms with Gasteiger partial charge in [-0.2, -0.15) is 4.31 Å². The number of hydrogen-bond acceptors (Lipinski definition) is 6. The Balaban J connectivity index is 1.94. The maximum atomic E-state index is 13.2. The van der Waals surface area contributed by atoms with Crippen LogP contribution in [0.25, 0.3) is 0 Å². The Morgan fingerprint density at radius 3 is 2.10 bits per heavy atom. The second-order valence-corrected chi connectivity index (χ2v) is 11.4. The average Bonchev–Trinajstić information content (AvgIpc) is 2.70. The van der Waals surface area contributed by atoms with Crippen LogP contribution in [0.4, 0.5) is 5.69 Å². The quantitative estimate of drug-likeness (QED) is 0.701. The van der Waals surface area contributed by atoms with Crippen molar-refractivity contribution in [2.45, 2.75) is 30.6 Å². The summed E-state index contributed by atoms with van der Waals surface area (Å²) in [5, 5.41) is 0. The number of rotatable bonds is 6. The van der Waals surface area contributed by atoms with E-state index in [0.717, 1.165) is 0 Å². The zero-order valence-corrected chi connectivity index (χ0v) is 20.1. The normalized spacial score (nSPS) is 16.3. The lowest BCUT2D eigenvalue weighted by Crippen LogP contribution is -2.47. The first-order valence-electron chi connectivity index (χ1n) is 9.93. The van der Waals surface area contributed by atoms with Crippen LogP contribution in [0, 0.1) is 20.8 Å². The van der Waals surface area contributed by atoms with E-state index in [-0.39, 0.29) is 15.5 Å². The third kappa shape index (κ3) is 4.87. The second-order valence-electron chi connectivity index (χ2n) is 7.88. The van der Waals surface area contributed by atoms with Crippen LogP contribution < -0.4 is 9.46 Å². The topological polar surface area (TPSA) is 96.0 Å². The molecule has 0 atom stereocenters. The van der Waals surface area contributed by atoms with Gasteiger partial charge in [0.15, 0.2) is 0 Å². The molecule has 0 saturated carbocycles. The average molecular weight is 468 g/mol. The highest BCUT2D eigenvalue weighted by Crippen LogP contribution is 2.29. The van der Waals surface area contributed by atoms with Crippen LogP contribution in [0.2, 0.25) is 0 Å². The Labute approximate surface area is 184 Å². The van der Waals surface area contributed by atoms with Gasteiger partial charge in [-0.25, -0.2) is 16.8 Å². The molecule has 1 aliphatic rings. The first-order chi connectivity index (χ1) is 14.5. The molecule has 1 fully saturated rings. The molecule has 0 radical (unpaired) electrons. The molecule has 1 saturated heterocycles. The molecule has 1 N–H and O–H groups in total. The van der Waals surface area contributed by atoms with Crippen LogP contribution >= 0.6 is 0 Å². The van der Waals surface area contributed by atoms with Crippen molar-refractivity contribution in [3.63, 3.8) is 0 Å². The molecular formula is C21H29N3O5S2. The largest absolute Gasteiger partial charge is 0.496 e. The minimum atomic E-state index is -3.92. The molecule has 31 heavy (non-hydrogen) atoms. The Morgan fingerprint density at radius 1 is 0.839 bits per heavy atom. The molecule has 170 valence electrons. The first-order valence-corrected chi connectivity index (χ1v) is 12.9. The number of anilines is 1. The monoisotopic (exact) mass is 467 g/mol. The molecule has 8 nitrogen and oxygen atoms in total. The number of sulfonamides is 2. The summed E-state index contributed by atoms with van der Waals surface area (Å²) < 4.78 is 61.7. The van der Waals surface area contributed by atoms with Gasteiger partial charge >= 0.3 is 0 Å². The number of benzene rings is 2. The molecule has 0 bridgehead atoms. The fourth-order valence-electron chi connectivity index (χ4n) is 3.59. The van der Waals surface area contributed by atoms with Crippen LogP contribution in [-0.4, -0.2) is 66.4 Å². The Bertz CT molecular complexity index is 1190. The van der Waals surface area contributed by atoms with Crippen LogP contribution in [-0.2, 0) is 20.0 Å². The summed E-state index contributed by atoms with van der Waals surface area (Å²) in [4.78, 5) is 2.30. The second kappa shape index (κ2) is 8.78. The number of piperazine rings is 1. The minimum absolute atomic E-state index is 0.111. The molecular weight excluding hydrogens is 438 g/mol. The first kappa shape index (κ1) is 23.5. The zero-order chi connectivity index (χ0) is 23.0. The van der Waals surface area contributed by atoms with Crippen LogP contribution in [0.5, 0.6) is 5.75 Å². The van der Waals surface area contributed by atoms with Gasteiger partial charge in [-0.1, -0.05) is 6.07 Å². The summed E-state index contributed by atoms with van der Waals surface area (Å²) in [6, 6.07) is 7.80. The fourth-order valence-corrected chi connectivity index (χ4v) is 6.63. The van der Waals surface area contributed by atoms with Gasteiger partial charge in [-0.15, -0.1) is 0 Å². The summed E-state index contributed by atoms with van der Waals surface area (Å²) in [6.07, 6.45) is 0. The number of nitrogens with one attached hydrogen (secondary N) is 1. The lowest BCUT2D eigenvalue weighted by Gasteiger charge is -2.32. The highest BCUT2D eigenvalue weighted by Gasteiger charge is 2.29. The summed E-state index contributed by atoms with van der Waals surface area (Å²) >= 11 is 0. The Kier molecular flexibility index (Phi) is 6.66. The molecule has 0 aliphatic carbocycles. The van der Waals surface area contributed by atoms with Crippen molar-refractivity contribution < 1.29 is 21.6 Å². The van der Waals surface area contributed by atoms with E-state index in [9.17, 15) is 16.8 Å². The summed E-state index contributed by atoms with van der Waals surface area (Å²) in [6.45, 7) is 7.27. The fraction of sp³-hybridized carbons (Fsp3) is 0.429. The minimum Gasteiger partial charge on any atom is -0.496 e. The van der Waals surface area contributed by atoms with Crippen molar-refractivity contribution in [1.82, 2.24) is 9.21 Å². The van der Waals surface area contributed by atoms with Crippen molar-refractivity contribution in [3.05, 3.63) is 47.0 Å². The highest BCUT2D eigenvalue weighted by molar-refractivity contribution is 7.92. The molecule has 0 spiro atoms. The number of likely N-dealkylation sites (N-methyl/N-ethyl adjacent to an activating group) is 1. The number of nitrogens with zero attached hydrogens (tertiary/aromatic N) is 2. The van der Waals surface area contributed by atoms with E-state index < -0.39 is 20.0 Å². The number of ether oxygens (including phenoxy) is 1. The predicted molar refractivity (Wildman–Crippen MR) is 121 cm³/mol. The van der Waals surface area contributed by atoms with Gasteiger partial charge in [-0.3, -0.25) is 4.72 Å². The standard InChI is InChI=1S/C21H29N3O5S2/c1-15-6-7-18(14-21(15)31(27,28)24-10-8-23(4)9-11-24)22-30(25,26)20-13-16(2)19(29-5)12-17(20)3/h6-7,12-14,22H,8-11H2,1-5H3. The Morgan fingerprint density at radius 2 is 1.48 bits per heavy atom. The highest BCUT2D eigenvalue weighted by atomic mass is 32.2. The molecule has 2 aromatic rings. The van der Waals surface area contributed by atoms with E-state index in [1.807, 2.05) is 7.05 Å². The predicted octanol–water partition coefficient (Wildman–Crippen LogP) is 2.36. The van der Waals surface area contributed by atoms with Gasteiger partial charge in [0.05, 0.1) is 22.6 Å². The van der Waals surface area contributed by atoms with Gasteiger partial charge in [0.25, 0.3) is 10.0 Å². The van der Waals surface area contributed by atoms with Gasteiger partial charge in [0.2, 0.25) is 10.0 Å². The van der Waals surface area contributed by atoms with Gasteiger partial charge < -0.3 is 9.64 Å². The van der Waals surface area contributed by atoms with Crippen molar-refractivity contribution in [1.29, 1.82) is 0 Å². The molecule has 0 unspecified atom stereocenters. The van der Waals surface area contributed by atoms with Gasteiger partial charge in [-0.05, 0) is 68.8 Å². The van der Waals surface area contributed by atoms with Crippen molar-refractivity contribution in [2.24, 2.45) is 0 Å². The smallest absolute Gasteiger partial charge is 0.262 e. The molecule has 0 amide bonds. The summed E-state index contributed by atoms with van der Waals surface area (Å²) in [5.41, 5.74) is 1.99. The van der Waals surface area contributed by atoms with E-state index in [2.05, 4.69) is 9.62 Å². The number of hydrogen-bond donors (Lipinski definition) is 1. The number of aryl methyl sites for hydroxylation is 3. The molecule has 1 aliphatic heterocycles. The number of methoxy groups -OCH3 is 1. The molecule has 2 aromatic carbocycles. The van der Waals surface area contributed by atoms with Crippen LogP contribution in [0.1, 0.15) is 16.7 Å². The van der Waals surface area contributed by atoms with E-state index in [1.165, 1.54) is 17.5 Å². The van der Waals surface area contributed by atoms with E-state index in [4.69, 9.17) is 4.74 Å². The maximum Gasteiger partial charge on any atom is 0.262 e. The maximum absolute atomic E-state index is 13.2. The third-order valence-corrected chi connectivity index (χ3v) is 9.07. The van der Waals surface area contributed by atoms with E-state index >= 15 is 0 Å².